The summed E-state index contributed by atoms with van der Waals surface area (Å²) in [5, 5.41) is 2.84. The maximum atomic E-state index is 10.8. The lowest BCUT2D eigenvalue weighted by Crippen LogP contribution is -2.04. The van der Waals surface area contributed by atoms with Crippen LogP contribution in [0.25, 0.3) is 0 Å². The van der Waals surface area contributed by atoms with Gasteiger partial charge < -0.3 is 5.32 Å². The van der Waals surface area contributed by atoms with Crippen molar-refractivity contribution in [1.82, 2.24) is 9.97 Å². The lowest BCUT2D eigenvalue weighted by Gasteiger charge is -1.94. The van der Waals surface area contributed by atoms with Crippen LogP contribution in [0.1, 0.15) is 5.69 Å². The summed E-state index contributed by atoms with van der Waals surface area (Å²) in [5.41, 5.74) is 0.666. The van der Waals surface area contributed by atoms with Crippen LogP contribution >= 0.6 is 11.6 Å². The average Bonchev–Trinajstić information content (AvgIpc) is 2.27. The van der Waals surface area contributed by atoms with Crippen LogP contribution < -0.4 is 5.32 Å². The number of halogens is 1. The summed E-state index contributed by atoms with van der Waals surface area (Å²) in [6.45, 7) is 0. The molecule has 0 saturated carbocycles. The highest BCUT2D eigenvalue weighted by Crippen LogP contribution is 2.19. The van der Waals surface area contributed by atoms with Gasteiger partial charge in [0.15, 0.2) is 5.82 Å². The third kappa shape index (κ3) is 1.05. The average molecular weight is 170 g/mol. The van der Waals surface area contributed by atoms with Crippen LogP contribution in [0.5, 0.6) is 0 Å². The number of carbonyl (C=O) groups excluding carboxylic acids is 1. The van der Waals surface area contributed by atoms with Crippen molar-refractivity contribution in [1.29, 1.82) is 0 Å². The second-order valence-electron chi connectivity index (χ2n) is 2.21. The van der Waals surface area contributed by atoms with E-state index in [0.717, 1.165) is 0 Å². The van der Waals surface area contributed by atoms with E-state index in [1.54, 1.807) is 0 Å². The molecule has 56 valence electrons. The quantitative estimate of drug-likeness (QED) is 0.620. The SMILES string of the molecule is O=C1Cc2ncc(Cl)nc2N1. The van der Waals surface area contributed by atoms with Crippen LogP contribution in [-0.4, -0.2) is 15.9 Å². The van der Waals surface area contributed by atoms with Gasteiger partial charge in [-0.3, -0.25) is 9.78 Å². The van der Waals surface area contributed by atoms with Gasteiger partial charge in [0.2, 0.25) is 5.91 Å². The smallest absolute Gasteiger partial charge is 0.231 e. The molecule has 4 nitrogen and oxygen atoms in total. The van der Waals surface area contributed by atoms with E-state index >= 15 is 0 Å². The number of aromatic nitrogens is 2. The van der Waals surface area contributed by atoms with E-state index in [1.165, 1.54) is 6.20 Å². The minimum Gasteiger partial charge on any atom is -0.309 e. The topological polar surface area (TPSA) is 54.9 Å². The molecule has 11 heavy (non-hydrogen) atoms. The standard InChI is InChI=1S/C6H4ClN3O/c7-4-2-8-3-1-5(11)10-6(3)9-4/h2H,1H2,(H,9,10,11). The van der Waals surface area contributed by atoms with Gasteiger partial charge >= 0.3 is 0 Å². The van der Waals surface area contributed by atoms with Crippen LogP contribution in [0.3, 0.4) is 0 Å². The van der Waals surface area contributed by atoms with Crippen LogP contribution in [0.4, 0.5) is 5.82 Å². The molecular weight excluding hydrogens is 166 g/mol. The van der Waals surface area contributed by atoms with Gasteiger partial charge in [-0.2, -0.15) is 0 Å². The highest BCUT2D eigenvalue weighted by Gasteiger charge is 2.19. The minimum atomic E-state index is -0.0812. The molecule has 0 bridgehead atoms. The van der Waals surface area contributed by atoms with Gasteiger partial charge in [-0.15, -0.1) is 0 Å². The van der Waals surface area contributed by atoms with E-state index in [2.05, 4.69) is 15.3 Å². The first-order valence-corrected chi connectivity index (χ1v) is 3.45. The summed E-state index contributed by atoms with van der Waals surface area (Å²) >= 11 is 5.55. The van der Waals surface area contributed by atoms with Gasteiger partial charge in [0.05, 0.1) is 18.3 Å². The number of hydrogen-bond donors (Lipinski definition) is 1. The third-order valence-electron chi connectivity index (χ3n) is 1.40. The van der Waals surface area contributed by atoms with Crippen molar-refractivity contribution in [3.05, 3.63) is 17.0 Å². The van der Waals surface area contributed by atoms with E-state index in [9.17, 15) is 4.79 Å². The Bertz CT molecular complexity index is 326. The van der Waals surface area contributed by atoms with Gasteiger partial charge in [0, 0.05) is 0 Å². The second kappa shape index (κ2) is 2.17. The molecule has 0 saturated heterocycles. The predicted molar refractivity (Wildman–Crippen MR) is 39.4 cm³/mol. The molecule has 1 aliphatic heterocycles. The Morgan fingerprint density at radius 3 is 3.27 bits per heavy atom. The number of fused-ring (bicyclic) bond motifs is 1. The summed E-state index contributed by atoms with van der Waals surface area (Å²) in [6, 6.07) is 0. The van der Waals surface area contributed by atoms with Crippen molar-refractivity contribution in [3.8, 4) is 0 Å². The Hall–Kier alpha value is -1.16. The molecule has 0 aliphatic carbocycles. The van der Waals surface area contributed by atoms with Crippen molar-refractivity contribution < 1.29 is 4.79 Å². The highest BCUT2D eigenvalue weighted by molar-refractivity contribution is 6.29. The summed E-state index contributed by atoms with van der Waals surface area (Å²) in [6.07, 6.45) is 1.74. The Kier molecular flexibility index (Phi) is 1.29. The van der Waals surface area contributed by atoms with Crippen molar-refractivity contribution in [3.63, 3.8) is 0 Å². The zero-order chi connectivity index (χ0) is 7.84. The molecule has 0 unspecified atom stereocenters. The fourth-order valence-corrected chi connectivity index (χ4v) is 1.08. The lowest BCUT2D eigenvalue weighted by atomic mass is 10.3. The summed E-state index contributed by atoms with van der Waals surface area (Å²) in [5.74, 6) is 0.407. The largest absolute Gasteiger partial charge is 0.309 e. The third-order valence-corrected chi connectivity index (χ3v) is 1.59. The number of carbonyl (C=O) groups is 1. The van der Waals surface area contributed by atoms with Crippen molar-refractivity contribution >= 4 is 23.3 Å². The van der Waals surface area contributed by atoms with Crippen molar-refractivity contribution in [2.24, 2.45) is 0 Å². The van der Waals surface area contributed by atoms with Crippen molar-refractivity contribution in [2.45, 2.75) is 6.42 Å². The molecule has 1 amide bonds. The first kappa shape index (κ1) is 6.54. The maximum absolute atomic E-state index is 10.8. The van der Waals surface area contributed by atoms with Crippen molar-refractivity contribution in [2.75, 3.05) is 5.32 Å². The first-order chi connectivity index (χ1) is 5.25. The molecule has 2 rings (SSSR count). The molecule has 0 atom stereocenters. The Balaban J connectivity index is 2.51. The Morgan fingerprint density at radius 1 is 1.64 bits per heavy atom. The molecule has 0 radical (unpaired) electrons. The van der Waals surface area contributed by atoms with E-state index in [-0.39, 0.29) is 5.91 Å². The van der Waals surface area contributed by atoms with Gasteiger partial charge in [0.1, 0.15) is 5.15 Å². The predicted octanol–water partition coefficient (Wildman–Crippen LogP) is 0.625. The molecule has 1 aromatic rings. The highest BCUT2D eigenvalue weighted by atomic mass is 35.5. The zero-order valence-corrected chi connectivity index (χ0v) is 6.22. The molecule has 1 aliphatic rings. The minimum absolute atomic E-state index is 0.0812. The van der Waals surface area contributed by atoms with Crippen LogP contribution in [0, 0.1) is 0 Å². The summed E-state index contributed by atoms with van der Waals surface area (Å²) < 4.78 is 0. The summed E-state index contributed by atoms with van der Waals surface area (Å²) in [7, 11) is 0. The van der Waals surface area contributed by atoms with Gasteiger partial charge in [-0.25, -0.2) is 4.98 Å². The molecule has 2 heterocycles. The number of anilines is 1. The van der Waals surface area contributed by atoms with Crippen LogP contribution in [-0.2, 0) is 11.2 Å². The fraction of sp³-hybridized carbons (Fsp3) is 0.167. The molecule has 1 aromatic heterocycles. The second-order valence-corrected chi connectivity index (χ2v) is 2.60. The Labute approximate surface area is 67.6 Å². The summed E-state index contributed by atoms with van der Waals surface area (Å²) in [4.78, 5) is 18.6. The maximum Gasteiger partial charge on any atom is 0.231 e. The molecule has 5 heteroatoms. The zero-order valence-electron chi connectivity index (χ0n) is 5.47. The number of hydrogen-bond acceptors (Lipinski definition) is 3. The first-order valence-electron chi connectivity index (χ1n) is 3.07. The van der Waals surface area contributed by atoms with Gasteiger partial charge in [-0.1, -0.05) is 11.6 Å². The van der Waals surface area contributed by atoms with Gasteiger partial charge in [-0.05, 0) is 0 Å². The Morgan fingerprint density at radius 2 is 2.45 bits per heavy atom. The molecule has 1 N–H and O–H groups in total. The molecule has 0 aromatic carbocycles. The van der Waals surface area contributed by atoms with Crippen LogP contribution in [0.2, 0.25) is 5.15 Å². The number of amides is 1. The molecular formula is C6H4ClN3O. The van der Waals surface area contributed by atoms with E-state index in [1.807, 2.05) is 0 Å². The number of nitrogens with one attached hydrogen (secondary N) is 1. The monoisotopic (exact) mass is 169 g/mol. The normalized spacial score (nSPS) is 14.5. The van der Waals surface area contributed by atoms with E-state index in [0.29, 0.717) is 23.1 Å². The van der Waals surface area contributed by atoms with E-state index < -0.39 is 0 Å². The van der Waals surface area contributed by atoms with Gasteiger partial charge in [0.25, 0.3) is 0 Å². The van der Waals surface area contributed by atoms with Crippen LogP contribution in [0.15, 0.2) is 6.20 Å². The van der Waals surface area contributed by atoms with E-state index in [4.69, 9.17) is 11.6 Å². The molecule has 0 spiro atoms. The molecule has 0 fully saturated rings. The lowest BCUT2D eigenvalue weighted by molar-refractivity contribution is -0.115. The fourth-order valence-electron chi connectivity index (χ4n) is 0.950. The number of nitrogens with zero attached hydrogens (tertiary/aromatic N) is 2. The number of rotatable bonds is 0.